The van der Waals surface area contributed by atoms with Crippen LogP contribution in [0.1, 0.15) is 42.2 Å². The lowest BCUT2D eigenvalue weighted by molar-refractivity contribution is 0.0925. The van der Waals surface area contributed by atoms with Crippen molar-refractivity contribution in [2.45, 2.75) is 13.8 Å². The first-order chi connectivity index (χ1) is 15.1. The van der Waals surface area contributed by atoms with E-state index >= 15 is 0 Å². The van der Waals surface area contributed by atoms with Gasteiger partial charge in [-0.05, 0) is 119 Å². The Bertz CT molecular complexity index is 1270. The second kappa shape index (κ2) is 8.85. The molecule has 3 amide bonds. The largest absolute Gasteiger partial charge is 0.322 e. The average Bonchev–Trinajstić information content (AvgIpc) is 3.04. The normalized spacial score (nSPS) is 12.9. The van der Waals surface area contributed by atoms with Gasteiger partial charge in [0.2, 0.25) is 0 Å². The maximum Gasteiger partial charge on any atom is 0.267 e. The second-order valence-corrected chi connectivity index (χ2v) is 10.4. The summed E-state index contributed by atoms with van der Waals surface area (Å²) in [6, 6.07) is 12.1. The minimum Gasteiger partial charge on any atom is -0.322 e. The molecule has 0 bridgehead atoms. The van der Waals surface area contributed by atoms with E-state index in [1.165, 1.54) is 0 Å². The first-order valence-electron chi connectivity index (χ1n) is 9.35. The Morgan fingerprint density at radius 1 is 0.781 bits per heavy atom. The van der Waals surface area contributed by atoms with Crippen LogP contribution in [0, 0.1) is 13.8 Å². The van der Waals surface area contributed by atoms with Gasteiger partial charge < -0.3 is 5.32 Å². The van der Waals surface area contributed by atoms with Crippen molar-refractivity contribution in [3.8, 4) is 0 Å². The van der Waals surface area contributed by atoms with Gasteiger partial charge in [0.15, 0.2) is 0 Å². The highest BCUT2D eigenvalue weighted by atomic mass is 79.9. The summed E-state index contributed by atoms with van der Waals surface area (Å²) in [5.41, 5.74) is 4.16. The quantitative estimate of drug-likeness (QED) is 0.178. The zero-order valence-corrected chi connectivity index (χ0v) is 23.1. The summed E-state index contributed by atoms with van der Waals surface area (Å²) in [4.78, 5) is 40.0. The molecule has 0 saturated heterocycles. The molecule has 9 heteroatoms. The van der Waals surface area contributed by atoms with Crippen LogP contribution in [0.3, 0.4) is 0 Å². The predicted molar refractivity (Wildman–Crippen MR) is 139 cm³/mol. The van der Waals surface area contributed by atoms with E-state index in [2.05, 4.69) is 69.0 Å². The first-order valence-corrected chi connectivity index (χ1v) is 12.5. The van der Waals surface area contributed by atoms with Gasteiger partial charge in [0.25, 0.3) is 17.7 Å². The van der Waals surface area contributed by atoms with Crippen LogP contribution >= 0.6 is 63.7 Å². The number of amides is 3. The van der Waals surface area contributed by atoms with E-state index in [-0.39, 0.29) is 17.0 Å². The maximum atomic E-state index is 13.1. The fourth-order valence-corrected chi connectivity index (χ4v) is 5.88. The second-order valence-electron chi connectivity index (χ2n) is 7.20. The van der Waals surface area contributed by atoms with E-state index in [0.29, 0.717) is 29.1 Å². The van der Waals surface area contributed by atoms with Gasteiger partial charge in [-0.15, -0.1) is 0 Å². The van der Waals surface area contributed by atoms with Crippen molar-refractivity contribution in [2.24, 2.45) is 0 Å². The monoisotopic (exact) mass is 682 g/mol. The number of carbonyl (C=O) groups excluding carboxylic acids is 3. The van der Waals surface area contributed by atoms with Crippen LogP contribution in [0.4, 0.5) is 11.4 Å². The van der Waals surface area contributed by atoms with E-state index in [9.17, 15) is 14.4 Å². The Morgan fingerprint density at radius 3 is 1.84 bits per heavy atom. The summed E-state index contributed by atoms with van der Waals surface area (Å²) in [5, 5.41) is 2.91. The molecule has 0 spiro atoms. The summed E-state index contributed by atoms with van der Waals surface area (Å²) in [7, 11) is 0. The number of hydrogen-bond donors (Lipinski definition) is 1. The van der Waals surface area contributed by atoms with Gasteiger partial charge in [-0.1, -0.05) is 12.1 Å². The highest BCUT2D eigenvalue weighted by Gasteiger charge is 2.41. The third-order valence-electron chi connectivity index (χ3n) is 5.34. The van der Waals surface area contributed by atoms with Crippen molar-refractivity contribution in [1.82, 2.24) is 0 Å². The first kappa shape index (κ1) is 23.4. The fourth-order valence-electron chi connectivity index (χ4n) is 3.43. The highest BCUT2D eigenvalue weighted by molar-refractivity contribution is 9.15. The minimum absolute atomic E-state index is 0.272. The zero-order valence-electron chi connectivity index (χ0n) is 16.7. The molecule has 4 rings (SSSR count). The van der Waals surface area contributed by atoms with Crippen molar-refractivity contribution in [2.75, 3.05) is 10.2 Å². The number of anilines is 2. The third-order valence-corrected chi connectivity index (χ3v) is 10.1. The van der Waals surface area contributed by atoms with Gasteiger partial charge in [0.05, 0.1) is 16.8 Å². The van der Waals surface area contributed by atoms with Gasteiger partial charge >= 0.3 is 0 Å². The van der Waals surface area contributed by atoms with E-state index in [0.717, 1.165) is 21.7 Å². The SMILES string of the molecule is Cc1cccc(NC(=O)c2ccc(N3C(=O)c4c(Br)c(Br)c(Br)c(Br)c4C3=O)cc2)c1C. The Hall–Kier alpha value is -1.81. The molecule has 0 saturated carbocycles. The average molecular weight is 686 g/mol. The molecule has 1 aliphatic heterocycles. The number of halogens is 4. The number of imide groups is 1. The van der Waals surface area contributed by atoms with Gasteiger partial charge in [0.1, 0.15) is 0 Å². The molecule has 1 aliphatic rings. The molecule has 0 fully saturated rings. The van der Waals surface area contributed by atoms with E-state index in [4.69, 9.17) is 0 Å². The Morgan fingerprint density at radius 2 is 1.31 bits per heavy atom. The van der Waals surface area contributed by atoms with Crippen molar-refractivity contribution in [1.29, 1.82) is 0 Å². The molecular weight excluding hydrogens is 672 g/mol. The predicted octanol–water partition coefficient (Wildman–Crippen LogP) is 7.41. The Labute approximate surface area is 218 Å². The summed E-state index contributed by atoms with van der Waals surface area (Å²) >= 11 is 13.7. The Balaban J connectivity index is 1.63. The topological polar surface area (TPSA) is 66.5 Å². The summed E-state index contributed by atoms with van der Waals surface area (Å²) in [6.45, 7) is 3.93. The Kier molecular flexibility index (Phi) is 6.46. The van der Waals surface area contributed by atoms with Crippen LogP contribution in [-0.4, -0.2) is 17.7 Å². The standard InChI is InChI=1S/C23H14Br4N2O3/c1-10-4-3-5-14(11(10)2)28-21(30)12-6-8-13(9-7-12)29-22(31)15-16(23(29)32)18(25)20(27)19(26)17(15)24/h3-9H,1-2H3,(H,28,30). The zero-order chi connectivity index (χ0) is 23.3. The van der Waals surface area contributed by atoms with Crippen molar-refractivity contribution in [3.05, 3.63) is 88.2 Å². The van der Waals surface area contributed by atoms with E-state index in [1.807, 2.05) is 32.0 Å². The maximum absolute atomic E-state index is 13.1. The number of aryl methyl sites for hydroxylation is 1. The number of nitrogens with zero attached hydrogens (tertiary/aromatic N) is 1. The van der Waals surface area contributed by atoms with Crippen LogP contribution in [0.15, 0.2) is 60.4 Å². The molecule has 5 nitrogen and oxygen atoms in total. The highest BCUT2D eigenvalue weighted by Crippen LogP contribution is 2.46. The summed E-state index contributed by atoms with van der Waals surface area (Å²) in [5.74, 6) is -1.16. The number of rotatable bonds is 3. The number of fused-ring (bicyclic) bond motifs is 1. The molecule has 1 N–H and O–H groups in total. The lowest BCUT2D eigenvalue weighted by Gasteiger charge is -2.15. The molecule has 0 unspecified atom stereocenters. The van der Waals surface area contributed by atoms with Gasteiger partial charge in [-0.25, -0.2) is 4.90 Å². The van der Waals surface area contributed by atoms with Crippen molar-refractivity contribution < 1.29 is 14.4 Å². The smallest absolute Gasteiger partial charge is 0.267 e. The third kappa shape index (κ3) is 3.79. The van der Waals surface area contributed by atoms with Crippen LogP contribution < -0.4 is 10.2 Å². The van der Waals surface area contributed by atoms with E-state index in [1.54, 1.807) is 24.3 Å². The lowest BCUT2D eigenvalue weighted by Crippen LogP contribution is -2.29. The minimum atomic E-state index is -0.446. The van der Waals surface area contributed by atoms with Gasteiger partial charge in [0, 0.05) is 29.1 Å². The summed E-state index contributed by atoms with van der Waals surface area (Å²) < 4.78 is 2.25. The van der Waals surface area contributed by atoms with Gasteiger partial charge in [-0.3, -0.25) is 14.4 Å². The lowest BCUT2D eigenvalue weighted by atomic mass is 10.1. The molecule has 0 aliphatic carbocycles. The van der Waals surface area contributed by atoms with E-state index < -0.39 is 11.8 Å². The van der Waals surface area contributed by atoms with Crippen LogP contribution in [0.25, 0.3) is 0 Å². The molecule has 32 heavy (non-hydrogen) atoms. The molecular formula is C23H14Br4N2O3. The molecule has 3 aromatic rings. The summed E-state index contributed by atoms with van der Waals surface area (Å²) in [6.07, 6.45) is 0. The number of nitrogens with one attached hydrogen (secondary N) is 1. The van der Waals surface area contributed by atoms with Gasteiger partial charge in [-0.2, -0.15) is 0 Å². The van der Waals surface area contributed by atoms with Crippen molar-refractivity contribution >= 4 is 92.8 Å². The van der Waals surface area contributed by atoms with Crippen LogP contribution in [-0.2, 0) is 0 Å². The number of benzene rings is 3. The molecule has 1 heterocycles. The molecule has 0 atom stereocenters. The molecule has 162 valence electrons. The molecule has 0 radical (unpaired) electrons. The van der Waals surface area contributed by atoms with Crippen LogP contribution in [0.5, 0.6) is 0 Å². The number of hydrogen-bond acceptors (Lipinski definition) is 3. The molecule has 0 aromatic heterocycles. The van der Waals surface area contributed by atoms with Crippen molar-refractivity contribution in [3.63, 3.8) is 0 Å². The fraction of sp³-hybridized carbons (Fsp3) is 0.0870. The number of carbonyl (C=O) groups is 3. The van der Waals surface area contributed by atoms with Crippen LogP contribution in [0.2, 0.25) is 0 Å². The molecule has 3 aromatic carbocycles.